The Morgan fingerprint density at radius 3 is 0.972 bits per heavy atom. The van der Waals surface area contributed by atoms with Gasteiger partial charge in [0.2, 0.25) is 0 Å². The summed E-state index contributed by atoms with van der Waals surface area (Å²) in [6.07, 6.45) is 0. The average molecular weight is 939 g/mol. The van der Waals surface area contributed by atoms with E-state index in [1.807, 2.05) is 24.3 Å². The number of fused-ring (bicyclic) bond motifs is 7. The Morgan fingerprint density at radius 2 is 0.653 bits per heavy atom. The molecule has 2 aliphatic rings. The van der Waals surface area contributed by atoms with Gasteiger partial charge in [-0.3, -0.25) is 0 Å². The molecule has 2 aliphatic carbocycles. The van der Waals surface area contributed by atoms with Gasteiger partial charge in [-0.25, -0.2) is 8.78 Å². The zero-order valence-corrected chi connectivity index (χ0v) is 42.1. The van der Waals surface area contributed by atoms with Crippen LogP contribution >= 0.6 is 0 Å². The molecule has 0 fully saturated rings. The van der Waals surface area contributed by atoms with E-state index >= 15 is 8.78 Å². The molecule has 0 unspecified atom stereocenters. The molecule has 352 valence electrons. The molecule has 10 aromatic carbocycles. The quantitative estimate of drug-likeness (QED) is 0.150. The van der Waals surface area contributed by atoms with Crippen molar-refractivity contribution in [2.75, 3.05) is 9.80 Å². The van der Waals surface area contributed by atoms with E-state index in [1.54, 1.807) is 12.1 Å². The van der Waals surface area contributed by atoms with Gasteiger partial charge in [-0.1, -0.05) is 137 Å². The van der Waals surface area contributed by atoms with Crippen molar-refractivity contribution in [2.24, 2.45) is 0 Å². The summed E-state index contributed by atoms with van der Waals surface area (Å²) in [6.45, 7) is 17.9. The van der Waals surface area contributed by atoms with Crippen LogP contribution in [-0.2, 0) is 10.8 Å². The third-order valence-corrected chi connectivity index (χ3v) is 15.9. The summed E-state index contributed by atoms with van der Waals surface area (Å²) in [6, 6.07) is 67.0. The lowest BCUT2D eigenvalue weighted by molar-refractivity contribution is 0.628. The van der Waals surface area contributed by atoms with Gasteiger partial charge in [-0.05, 0) is 212 Å². The molecule has 12 rings (SSSR count). The number of rotatable bonds is 8. The van der Waals surface area contributed by atoms with Crippen LogP contribution in [0.3, 0.4) is 0 Å². The monoisotopic (exact) mass is 938 g/mol. The molecular weight excluding hydrogens is 883 g/mol. The van der Waals surface area contributed by atoms with E-state index in [0.29, 0.717) is 0 Å². The van der Waals surface area contributed by atoms with Crippen molar-refractivity contribution in [1.82, 2.24) is 0 Å². The van der Waals surface area contributed by atoms with E-state index in [-0.39, 0.29) is 11.6 Å². The van der Waals surface area contributed by atoms with Crippen LogP contribution in [0.15, 0.2) is 194 Å². The van der Waals surface area contributed by atoms with Crippen LogP contribution in [0.2, 0.25) is 0 Å². The third-order valence-electron chi connectivity index (χ3n) is 15.9. The summed E-state index contributed by atoms with van der Waals surface area (Å²) in [5, 5.41) is 2.02. The van der Waals surface area contributed by atoms with Gasteiger partial charge < -0.3 is 9.80 Å². The second-order valence-electron chi connectivity index (χ2n) is 21.0. The van der Waals surface area contributed by atoms with Crippen molar-refractivity contribution in [3.05, 3.63) is 250 Å². The summed E-state index contributed by atoms with van der Waals surface area (Å²) < 4.78 is 31.7. The summed E-state index contributed by atoms with van der Waals surface area (Å²) in [5.41, 5.74) is 23.1. The van der Waals surface area contributed by atoms with E-state index < -0.39 is 10.8 Å². The zero-order valence-electron chi connectivity index (χ0n) is 42.1. The molecule has 4 heteroatoms. The number of para-hydroxylation sites is 4. The highest BCUT2D eigenvalue weighted by atomic mass is 19.1. The van der Waals surface area contributed by atoms with Crippen LogP contribution in [0.5, 0.6) is 0 Å². The van der Waals surface area contributed by atoms with Gasteiger partial charge in [0.25, 0.3) is 0 Å². The van der Waals surface area contributed by atoms with Crippen LogP contribution in [-0.4, -0.2) is 0 Å². The Bertz CT molecular complexity index is 3520. The minimum Gasteiger partial charge on any atom is -0.310 e. The van der Waals surface area contributed by atoms with Crippen LogP contribution in [0, 0.1) is 39.3 Å². The fraction of sp³-hybridized carbons (Fsp3) is 0.147. The van der Waals surface area contributed by atoms with E-state index in [1.165, 1.54) is 45.5 Å². The second kappa shape index (κ2) is 16.8. The minimum absolute atomic E-state index is 0.295. The molecule has 0 aromatic heterocycles. The molecule has 0 spiro atoms. The maximum absolute atomic E-state index is 15.8. The number of nitrogens with zero attached hydrogens (tertiary/aromatic N) is 2. The number of anilines is 6. The summed E-state index contributed by atoms with van der Waals surface area (Å²) >= 11 is 0. The van der Waals surface area contributed by atoms with Gasteiger partial charge in [0.05, 0.1) is 0 Å². The number of hydrogen-bond donors (Lipinski definition) is 0. The second-order valence-corrected chi connectivity index (χ2v) is 21.0. The van der Waals surface area contributed by atoms with E-state index in [2.05, 4.69) is 211 Å². The molecule has 0 N–H and O–H groups in total. The number of aryl methyl sites for hydroxylation is 4. The Morgan fingerprint density at radius 1 is 0.319 bits per heavy atom. The molecule has 0 heterocycles. The predicted molar refractivity (Wildman–Crippen MR) is 298 cm³/mol. The van der Waals surface area contributed by atoms with E-state index in [9.17, 15) is 0 Å². The first kappa shape index (κ1) is 45.1. The van der Waals surface area contributed by atoms with Crippen LogP contribution < -0.4 is 9.80 Å². The van der Waals surface area contributed by atoms with Crippen LogP contribution in [0.4, 0.5) is 42.9 Å². The Balaban J connectivity index is 1.14. The standard InChI is InChI=1S/C68H56F2N2/c1-41-19-9-13-27-59(41)71(60-28-14-10-20-42(60)2)49-31-33-51-55(37-49)67(5,6)57-39-53-54(63(65(51)57)45-23-17-25-47(69)35-45)40-58-66(64(53)46-24-18-26-48(70)36-46)52-34-32-50(38-56(52)68(58,7)8)72(61-29-15-11-21-43(61)3)62-30-16-12-22-44(62)4/h9-40H,1-8H3. The van der Waals surface area contributed by atoms with Crippen LogP contribution in [0.1, 0.15) is 72.2 Å². The smallest absolute Gasteiger partial charge is 0.123 e. The average Bonchev–Trinajstić information content (AvgIpc) is 3.73. The lowest BCUT2D eigenvalue weighted by atomic mass is 9.76. The number of halogens is 2. The van der Waals surface area contributed by atoms with Crippen molar-refractivity contribution in [1.29, 1.82) is 0 Å². The molecule has 0 atom stereocenters. The Hall–Kier alpha value is -8.08. The summed E-state index contributed by atoms with van der Waals surface area (Å²) in [5.74, 6) is -0.589. The van der Waals surface area contributed by atoms with Gasteiger partial charge in [0.15, 0.2) is 0 Å². The summed E-state index contributed by atoms with van der Waals surface area (Å²) in [7, 11) is 0. The van der Waals surface area contributed by atoms with Crippen molar-refractivity contribution in [2.45, 2.75) is 66.2 Å². The first-order valence-corrected chi connectivity index (χ1v) is 25.1. The normalized spacial score (nSPS) is 13.6. The molecular formula is C68H56F2N2. The van der Waals surface area contributed by atoms with Crippen molar-refractivity contribution >= 4 is 44.9 Å². The summed E-state index contributed by atoms with van der Waals surface area (Å²) in [4.78, 5) is 4.76. The molecule has 0 bridgehead atoms. The van der Waals surface area contributed by atoms with E-state index in [0.717, 1.165) is 101 Å². The molecule has 2 nitrogen and oxygen atoms in total. The lowest BCUT2D eigenvalue weighted by Crippen LogP contribution is -2.18. The molecule has 0 saturated carbocycles. The number of benzene rings is 10. The fourth-order valence-electron chi connectivity index (χ4n) is 12.1. The fourth-order valence-corrected chi connectivity index (χ4v) is 12.1. The molecule has 0 aliphatic heterocycles. The third kappa shape index (κ3) is 6.94. The van der Waals surface area contributed by atoms with Gasteiger partial charge in [0.1, 0.15) is 11.6 Å². The van der Waals surface area contributed by atoms with Gasteiger partial charge in [-0.2, -0.15) is 0 Å². The van der Waals surface area contributed by atoms with Crippen LogP contribution in [0.25, 0.3) is 55.3 Å². The Labute approximate surface area is 422 Å². The SMILES string of the molecule is Cc1ccccc1N(c1ccc2c(c1)C(C)(C)c1cc3c(-c4cccc(F)c4)c4c(cc3c(-c3cccc(F)c3)c1-2)C(C)(C)c1cc(N(c2ccccc2C)c2ccccc2C)ccc1-4)c1ccccc1C. The van der Waals surface area contributed by atoms with Gasteiger partial charge in [-0.15, -0.1) is 0 Å². The van der Waals surface area contributed by atoms with Crippen molar-refractivity contribution < 1.29 is 8.78 Å². The predicted octanol–water partition coefficient (Wildman–Crippen LogP) is 19.2. The maximum atomic E-state index is 15.8. The Kier molecular flexibility index (Phi) is 10.5. The zero-order chi connectivity index (χ0) is 49.8. The molecule has 0 amide bonds. The molecule has 72 heavy (non-hydrogen) atoms. The molecule has 0 saturated heterocycles. The largest absolute Gasteiger partial charge is 0.310 e. The van der Waals surface area contributed by atoms with E-state index in [4.69, 9.17) is 0 Å². The number of hydrogen-bond acceptors (Lipinski definition) is 2. The molecule has 10 aromatic rings. The lowest BCUT2D eigenvalue weighted by Gasteiger charge is -2.30. The van der Waals surface area contributed by atoms with Crippen molar-refractivity contribution in [3.8, 4) is 44.5 Å². The topological polar surface area (TPSA) is 6.48 Å². The van der Waals surface area contributed by atoms with Gasteiger partial charge >= 0.3 is 0 Å². The maximum Gasteiger partial charge on any atom is 0.123 e. The minimum atomic E-state index is -0.487. The van der Waals surface area contributed by atoms with Crippen molar-refractivity contribution in [3.63, 3.8) is 0 Å². The van der Waals surface area contributed by atoms with Gasteiger partial charge in [0, 0.05) is 45.0 Å². The first-order valence-electron chi connectivity index (χ1n) is 25.1. The molecule has 0 radical (unpaired) electrons. The highest BCUT2D eigenvalue weighted by Crippen LogP contribution is 2.61. The highest BCUT2D eigenvalue weighted by molar-refractivity contribution is 6.17. The highest BCUT2D eigenvalue weighted by Gasteiger charge is 2.43. The first-order chi connectivity index (χ1) is 34.7.